The van der Waals surface area contributed by atoms with Crippen LogP contribution in [0.15, 0.2) is 42.7 Å². The molecule has 1 aromatic carbocycles. The van der Waals surface area contributed by atoms with Gasteiger partial charge in [-0.05, 0) is 24.3 Å². The Labute approximate surface area is 116 Å². The van der Waals surface area contributed by atoms with E-state index in [0.717, 1.165) is 6.26 Å². The molecule has 0 aliphatic rings. The molecule has 20 heavy (non-hydrogen) atoms. The first-order valence-electron chi connectivity index (χ1n) is 5.71. The van der Waals surface area contributed by atoms with E-state index < -0.39 is 16.1 Å². The van der Waals surface area contributed by atoms with Gasteiger partial charge < -0.3 is 13.9 Å². The summed E-state index contributed by atoms with van der Waals surface area (Å²) in [6.07, 6.45) is 4.31. The SMILES string of the molecule is CS(=O)(=O)OC(=O)c1ccc(CO)c(-n2cccc2)c1. The van der Waals surface area contributed by atoms with E-state index in [1.807, 2.05) is 0 Å². The summed E-state index contributed by atoms with van der Waals surface area (Å²) in [5.41, 5.74) is 1.29. The maximum absolute atomic E-state index is 11.7. The zero-order chi connectivity index (χ0) is 14.8. The van der Waals surface area contributed by atoms with Crippen LogP contribution in [0.2, 0.25) is 0 Å². The lowest BCUT2D eigenvalue weighted by Gasteiger charge is -2.10. The summed E-state index contributed by atoms with van der Waals surface area (Å²) in [6, 6.07) is 8.02. The van der Waals surface area contributed by atoms with Gasteiger partial charge in [-0.25, -0.2) is 4.79 Å². The third-order valence-electron chi connectivity index (χ3n) is 2.60. The predicted molar refractivity (Wildman–Crippen MR) is 72.0 cm³/mol. The number of rotatable bonds is 4. The Morgan fingerprint density at radius 2 is 1.95 bits per heavy atom. The van der Waals surface area contributed by atoms with Crippen molar-refractivity contribution in [1.29, 1.82) is 0 Å². The van der Waals surface area contributed by atoms with Crippen molar-refractivity contribution in [1.82, 2.24) is 4.57 Å². The van der Waals surface area contributed by atoms with Crippen LogP contribution in [-0.2, 0) is 20.9 Å². The molecule has 6 nitrogen and oxygen atoms in total. The third kappa shape index (κ3) is 3.25. The summed E-state index contributed by atoms with van der Waals surface area (Å²) in [7, 11) is -3.86. The van der Waals surface area contributed by atoms with E-state index in [1.54, 1.807) is 35.2 Å². The highest BCUT2D eigenvalue weighted by molar-refractivity contribution is 7.86. The van der Waals surface area contributed by atoms with Crippen LogP contribution >= 0.6 is 0 Å². The van der Waals surface area contributed by atoms with Gasteiger partial charge in [0.05, 0.1) is 24.1 Å². The number of hydrogen-bond acceptors (Lipinski definition) is 5. The van der Waals surface area contributed by atoms with Gasteiger partial charge in [-0.1, -0.05) is 6.07 Å². The molecular weight excluding hydrogens is 282 g/mol. The minimum absolute atomic E-state index is 0.0938. The van der Waals surface area contributed by atoms with Crippen LogP contribution in [0.4, 0.5) is 0 Å². The van der Waals surface area contributed by atoms with Gasteiger partial charge in [0, 0.05) is 18.0 Å². The Kier molecular flexibility index (Phi) is 3.91. The second-order valence-electron chi connectivity index (χ2n) is 4.17. The van der Waals surface area contributed by atoms with Gasteiger partial charge in [0.2, 0.25) is 0 Å². The van der Waals surface area contributed by atoms with Crippen molar-refractivity contribution in [2.24, 2.45) is 0 Å². The molecule has 2 rings (SSSR count). The lowest BCUT2D eigenvalue weighted by Crippen LogP contribution is -2.12. The fraction of sp³-hybridized carbons (Fsp3) is 0.154. The topological polar surface area (TPSA) is 85.6 Å². The van der Waals surface area contributed by atoms with Gasteiger partial charge in [-0.15, -0.1) is 0 Å². The highest BCUT2D eigenvalue weighted by atomic mass is 32.2. The first kappa shape index (κ1) is 14.3. The van der Waals surface area contributed by atoms with E-state index in [0.29, 0.717) is 11.3 Å². The summed E-state index contributed by atoms with van der Waals surface area (Å²) in [6.45, 7) is -0.199. The maximum atomic E-state index is 11.7. The number of aromatic nitrogens is 1. The van der Waals surface area contributed by atoms with Crippen molar-refractivity contribution in [2.75, 3.05) is 6.26 Å². The number of nitrogens with zero attached hydrogens (tertiary/aromatic N) is 1. The van der Waals surface area contributed by atoms with E-state index >= 15 is 0 Å². The second kappa shape index (κ2) is 5.48. The quantitative estimate of drug-likeness (QED) is 0.853. The van der Waals surface area contributed by atoms with Crippen LogP contribution in [0.1, 0.15) is 15.9 Å². The highest BCUT2D eigenvalue weighted by Crippen LogP contribution is 2.18. The molecule has 1 heterocycles. The summed E-state index contributed by atoms with van der Waals surface area (Å²) >= 11 is 0. The van der Waals surface area contributed by atoms with Gasteiger partial charge in [0.25, 0.3) is 0 Å². The van der Waals surface area contributed by atoms with Crippen LogP contribution in [-0.4, -0.2) is 30.3 Å². The minimum Gasteiger partial charge on any atom is -0.392 e. The molecule has 0 aliphatic carbocycles. The number of carbonyl (C=O) groups is 1. The van der Waals surface area contributed by atoms with Gasteiger partial charge in [-0.3, -0.25) is 0 Å². The molecule has 0 bridgehead atoms. The fourth-order valence-corrected chi connectivity index (χ4v) is 2.12. The molecule has 0 atom stereocenters. The third-order valence-corrected chi connectivity index (χ3v) is 3.06. The van der Waals surface area contributed by atoms with Crippen molar-refractivity contribution in [3.8, 4) is 5.69 Å². The molecule has 1 aromatic heterocycles. The van der Waals surface area contributed by atoms with Crippen molar-refractivity contribution < 1.29 is 22.5 Å². The van der Waals surface area contributed by atoms with Gasteiger partial charge in [-0.2, -0.15) is 8.42 Å². The van der Waals surface area contributed by atoms with Crippen LogP contribution < -0.4 is 0 Å². The number of benzene rings is 1. The molecule has 106 valence electrons. The molecule has 0 unspecified atom stereocenters. The van der Waals surface area contributed by atoms with Crippen molar-refractivity contribution >= 4 is 16.1 Å². The van der Waals surface area contributed by atoms with E-state index in [1.165, 1.54) is 12.1 Å². The largest absolute Gasteiger partial charge is 0.392 e. The molecule has 0 amide bonds. The molecule has 0 spiro atoms. The standard InChI is InChI=1S/C13H13NO5S/c1-20(17,18)19-13(16)10-4-5-11(9-15)12(8-10)14-6-2-3-7-14/h2-8,15H,9H2,1H3. The average Bonchev–Trinajstić information content (AvgIpc) is 2.89. The van der Waals surface area contributed by atoms with Crippen molar-refractivity contribution in [3.05, 3.63) is 53.9 Å². The zero-order valence-electron chi connectivity index (χ0n) is 10.7. The summed E-state index contributed by atoms with van der Waals surface area (Å²) < 4.78 is 28.0. The molecule has 0 saturated carbocycles. The molecule has 0 fully saturated rings. The Bertz CT molecular complexity index is 719. The van der Waals surface area contributed by atoms with Crippen LogP contribution in [0.5, 0.6) is 0 Å². The molecule has 0 radical (unpaired) electrons. The minimum atomic E-state index is -3.86. The molecule has 1 N–H and O–H groups in total. The number of aliphatic hydroxyl groups excluding tert-OH is 1. The van der Waals surface area contributed by atoms with E-state index in [9.17, 15) is 18.3 Å². The van der Waals surface area contributed by atoms with Gasteiger partial charge in [0.15, 0.2) is 0 Å². The molecule has 0 aliphatic heterocycles. The van der Waals surface area contributed by atoms with E-state index in [2.05, 4.69) is 4.18 Å². The van der Waals surface area contributed by atoms with Gasteiger partial charge >= 0.3 is 16.1 Å². The highest BCUT2D eigenvalue weighted by Gasteiger charge is 2.15. The van der Waals surface area contributed by atoms with Crippen LogP contribution in [0, 0.1) is 0 Å². The lowest BCUT2D eigenvalue weighted by molar-refractivity contribution is 0.0748. The Hall–Kier alpha value is -2.12. The predicted octanol–water partition coefficient (Wildman–Crippen LogP) is 1.09. The van der Waals surface area contributed by atoms with Gasteiger partial charge in [0.1, 0.15) is 0 Å². The summed E-state index contributed by atoms with van der Waals surface area (Å²) in [4.78, 5) is 11.7. The Balaban J connectivity index is 2.43. The molecule has 2 aromatic rings. The number of carbonyl (C=O) groups excluding carboxylic acids is 1. The first-order chi connectivity index (χ1) is 9.40. The summed E-state index contributed by atoms with van der Waals surface area (Å²) in [5, 5.41) is 9.31. The van der Waals surface area contributed by atoms with E-state index in [4.69, 9.17) is 0 Å². The number of aliphatic hydroxyl groups is 1. The maximum Gasteiger partial charge on any atom is 0.353 e. The molecule has 0 saturated heterocycles. The molecule has 7 heteroatoms. The average molecular weight is 295 g/mol. The lowest BCUT2D eigenvalue weighted by atomic mass is 10.1. The smallest absolute Gasteiger partial charge is 0.353 e. The van der Waals surface area contributed by atoms with Crippen LogP contribution in [0.25, 0.3) is 5.69 Å². The Morgan fingerprint density at radius 3 is 2.50 bits per heavy atom. The van der Waals surface area contributed by atoms with Crippen molar-refractivity contribution in [3.63, 3.8) is 0 Å². The van der Waals surface area contributed by atoms with E-state index in [-0.39, 0.29) is 12.2 Å². The van der Waals surface area contributed by atoms with Crippen molar-refractivity contribution in [2.45, 2.75) is 6.61 Å². The molecular formula is C13H13NO5S. The first-order valence-corrected chi connectivity index (χ1v) is 7.53. The monoisotopic (exact) mass is 295 g/mol. The Morgan fingerprint density at radius 1 is 1.30 bits per heavy atom. The zero-order valence-corrected chi connectivity index (χ0v) is 11.5. The second-order valence-corrected chi connectivity index (χ2v) is 5.74. The normalized spacial score (nSPS) is 11.3. The summed E-state index contributed by atoms with van der Waals surface area (Å²) in [5.74, 6) is -0.953. The van der Waals surface area contributed by atoms with Crippen LogP contribution in [0.3, 0.4) is 0 Å². The fourth-order valence-electron chi connectivity index (χ4n) is 1.75. The number of hydrogen-bond donors (Lipinski definition) is 1.